The molecule has 5 heteroatoms. The molecule has 0 aliphatic carbocycles. The van der Waals surface area contributed by atoms with Gasteiger partial charge in [0.15, 0.2) is 0 Å². The second-order valence-corrected chi connectivity index (χ2v) is 2.99. The van der Waals surface area contributed by atoms with Gasteiger partial charge in [-0.3, -0.25) is 0 Å². The van der Waals surface area contributed by atoms with Crippen LogP contribution in [-0.2, 0) is 6.18 Å². The van der Waals surface area contributed by atoms with E-state index in [2.05, 4.69) is 9.97 Å². The van der Waals surface area contributed by atoms with Gasteiger partial charge >= 0.3 is 6.18 Å². The van der Waals surface area contributed by atoms with Crippen molar-refractivity contribution in [1.82, 2.24) is 9.97 Å². The third-order valence-corrected chi connectivity index (χ3v) is 1.59. The van der Waals surface area contributed by atoms with Crippen molar-refractivity contribution in [2.45, 2.75) is 25.9 Å². The Kier molecular flexibility index (Phi) is 2.54. The lowest BCUT2D eigenvalue weighted by molar-refractivity contribution is -0.145. The zero-order valence-electron chi connectivity index (χ0n) is 7.26. The minimum absolute atomic E-state index is 0.141. The predicted molar refractivity (Wildman–Crippen MR) is 41.1 cm³/mol. The summed E-state index contributed by atoms with van der Waals surface area (Å²) in [4.78, 5) is 6.47. The van der Waals surface area contributed by atoms with E-state index in [-0.39, 0.29) is 5.92 Å². The second kappa shape index (κ2) is 3.32. The first-order valence-electron chi connectivity index (χ1n) is 3.80. The lowest BCUT2D eigenvalue weighted by Crippen LogP contribution is -2.11. The van der Waals surface area contributed by atoms with Crippen LogP contribution in [0.25, 0.3) is 0 Å². The molecule has 2 nitrogen and oxygen atoms in total. The van der Waals surface area contributed by atoms with Gasteiger partial charge in [0.1, 0.15) is 0 Å². The van der Waals surface area contributed by atoms with E-state index < -0.39 is 12.0 Å². The summed E-state index contributed by atoms with van der Waals surface area (Å²) in [6.45, 7) is 3.73. The van der Waals surface area contributed by atoms with Crippen molar-refractivity contribution in [1.29, 1.82) is 0 Å². The van der Waals surface area contributed by atoms with Gasteiger partial charge in [-0.25, -0.2) is 9.97 Å². The minimum atomic E-state index is -4.45. The molecule has 0 bridgehead atoms. The van der Waals surface area contributed by atoms with Gasteiger partial charge in [0.05, 0.1) is 0 Å². The number of hydrogen-bond acceptors (Lipinski definition) is 2. The molecule has 0 atom stereocenters. The molecule has 0 saturated heterocycles. The zero-order valence-corrected chi connectivity index (χ0v) is 7.26. The molecule has 13 heavy (non-hydrogen) atoms. The quantitative estimate of drug-likeness (QED) is 0.680. The number of halogens is 3. The Morgan fingerprint density at radius 2 is 1.62 bits per heavy atom. The molecule has 0 spiro atoms. The molecule has 0 fully saturated rings. The Bertz CT molecular complexity index is 276. The lowest BCUT2D eigenvalue weighted by Gasteiger charge is -2.06. The molecule has 0 amide bonds. The van der Waals surface area contributed by atoms with Crippen LogP contribution < -0.4 is 0 Å². The average molecular weight is 190 g/mol. The third kappa shape index (κ3) is 2.40. The number of hydrogen-bond donors (Lipinski definition) is 0. The number of alkyl halides is 3. The number of rotatable bonds is 1. The van der Waals surface area contributed by atoms with Crippen LogP contribution in [0.15, 0.2) is 12.4 Å². The van der Waals surface area contributed by atoms with Crippen molar-refractivity contribution in [2.24, 2.45) is 0 Å². The standard InChI is InChI=1S/C8H9F3N2/c1-5(2)6-3-12-7(13-4-6)8(9,10)11/h3-5H,1-2H3. The smallest absolute Gasteiger partial charge is 0.233 e. The maximum atomic E-state index is 12.0. The van der Waals surface area contributed by atoms with E-state index in [0.29, 0.717) is 5.56 Å². The first-order chi connectivity index (χ1) is 5.91. The summed E-state index contributed by atoms with van der Waals surface area (Å²) in [7, 11) is 0. The molecule has 0 aromatic carbocycles. The third-order valence-electron chi connectivity index (χ3n) is 1.59. The molecule has 0 aliphatic heterocycles. The van der Waals surface area contributed by atoms with E-state index >= 15 is 0 Å². The highest BCUT2D eigenvalue weighted by atomic mass is 19.4. The molecule has 1 aromatic rings. The average Bonchev–Trinajstić information content (AvgIpc) is 2.03. The highest BCUT2D eigenvalue weighted by Gasteiger charge is 2.34. The van der Waals surface area contributed by atoms with Gasteiger partial charge in [-0.05, 0) is 11.5 Å². The monoisotopic (exact) mass is 190 g/mol. The molecule has 0 unspecified atom stereocenters. The first kappa shape index (κ1) is 9.95. The summed E-state index contributed by atoms with van der Waals surface area (Å²) in [5.41, 5.74) is 0.702. The van der Waals surface area contributed by atoms with Crippen molar-refractivity contribution in [3.8, 4) is 0 Å². The van der Waals surface area contributed by atoms with Gasteiger partial charge in [0, 0.05) is 12.4 Å². The van der Waals surface area contributed by atoms with E-state index in [1.807, 2.05) is 13.8 Å². The van der Waals surface area contributed by atoms with Crippen LogP contribution in [-0.4, -0.2) is 9.97 Å². The Labute approximate surface area is 73.8 Å². The largest absolute Gasteiger partial charge is 0.451 e. The molecule has 1 heterocycles. The highest BCUT2D eigenvalue weighted by Crippen LogP contribution is 2.25. The fraction of sp³-hybridized carbons (Fsp3) is 0.500. The summed E-state index contributed by atoms with van der Waals surface area (Å²) in [6.07, 6.45) is -2.03. The molecule has 0 aliphatic rings. The van der Waals surface area contributed by atoms with Crippen LogP contribution in [0.1, 0.15) is 31.2 Å². The molecular weight excluding hydrogens is 181 g/mol. The van der Waals surface area contributed by atoms with Gasteiger partial charge in [-0.1, -0.05) is 13.8 Å². The topological polar surface area (TPSA) is 25.8 Å². The SMILES string of the molecule is CC(C)c1cnc(C(F)(F)F)nc1. The summed E-state index contributed by atoms with van der Waals surface area (Å²) in [5.74, 6) is -0.945. The number of nitrogens with zero attached hydrogens (tertiary/aromatic N) is 2. The fourth-order valence-corrected chi connectivity index (χ4v) is 0.783. The van der Waals surface area contributed by atoms with Crippen molar-refractivity contribution in [3.05, 3.63) is 23.8 Å². The lowest BCUT2D eigenvalue weighted by atomic mass is 10.1. The van der Waals surface area contributed by atoms with E-state index in [0.717, 1.165) is 0 Å². The zero-order chi connectivity index (χ0) is 10.1. The summed E-state index contributed by atoms with van der Waals surface area (Å²) >= 11 is 0. The Hall–Kier alpha value is -1.13. The van der Waals surface area contributed by atoms with E-state index in [4.69, 9.17) is 0 Å². The van der Waals surface area contributed by atoms with Crippen LogP contribution >= 0.6 is 0 Å². The van der Waals surface area contributed by atoms with Gasteiger partial charge in [-0.15, -0.1) is 0 Å². The Balaban J connectivity index is 2.94. The molecule has 72 valence electrons. The van der Waals surface area contributed by atoms with E-state index in [1.54, 1.807) is 0 Å². The summed E-state index contributed by atoms with van der Waals surface area (Å²) in [5, 5.41) is 0. The van der Waals surface area contributed by atoms with Crippen molar-refractivity contribution >= 4 is 0 Å². The van der Waals surface area contributed by atoms with Crippen molar-refractivity contribution < 1.29 is 13.2 Å². The number of aromatic nitrogens is 2. The van der Waals surface area contributed by atoms with Crippen LogP contribution in [0.2, 0.25) is 0 Å². The molecule has 1 rings (SSSR count). The maximum Gasteiger partial charge on any atom is 0.451 e. The van der Waals surface area contributed by atoms with Gasteiger partial charge < -0.3 is 0 Å². The van der Waals surface area contributed by atoms with Gasteiger partial charge in [-0.2, -0.15) is 13.2 Å². The van der Waals surface area contributed by atoms with Crippen LogP contribution in [0.5, 0.6) is 0 Å². The Morgan fingerprint density at radius 3 is 1.92 bits per heavy atom. The summed E-state index contributed by atoms with van der Waals surface area (Å²) < 4.78 is 36.0. The first-order valence-corrected chi connectivity index (χ1v) is 3.80. The molecular formula is C8H9F3N2. The van der Waals surface area contributed by atoms with E-state index in [9.17, 15) is 13.2 Å². The van der Waals surface area contributed by atoms with Crippen molar-refractivity contribution in [3.63, 3.8) is 0 Å². The van der Waals surface area contributed by atoms with E-state index in [1.165, 1.54) is 12.4 Å². The minimum Gasteiger partial charge on any atom is -0.233 e. The molecule has 0 radical (unpaired) electrons. The summed E-state index contributed by atoms with van der Waals surface area (Å²) in [6, 6.07) is 0. The predicted octanol–water partition coefficient (Wildman–Crippen LogP) is 2.62. The van der Waals surface area contributed by atoms with Gasteiger partial charge in [0.25, 0.3) is 0 Å². The normalized spacial score (nSPS) is 12.2. The van der Waals surface area contributed by atoms with Crippen molar-refractivity contribution in [2.75, 3.05) is 0 Å². The van der Waals surface area contributed by atoms with Crippen LogP contribution in [0, 0.1) is 0 Å². The van der Waals surface area contributed by atoms with Gasteiger partial charge in [0.2, 0.25) is 5.82 Å². The second-order valence-electron chi connectivity index (χ2n) is 2.99. The molecule has 0 N–H and O–H groups in total. The molecule has 0 saturated carbocycles. The highest BCUT2D eigenvalue weighted by molar-refractivity contribution is 5.10. The van der Waals surface area contributed by atoms with Crippen LogP contribution in [0.3, 0.4) is 0 Å². The fourth-order valence-electron chi connectivity index (χ4n) is 0.783. The Morgan fingerprint density at radius 1 is 1.15 bits per heavy atom. The molecule has 1 aromatic heterocycles. The maximum absolute atomic E-state index is 12.0. The van der Waals surface area contributed by atoms with Crippen LogP contribution in [0.4, 0.5) is 13.2 Å².